The van der Waals surface area contributed by atoms with Crippen LogP contribution in [-0.2, 0) is 58.6 Å². The van der Waals surface area contributed by atoms with Gasteiger partial charge in [0.05, 0.1) is 48.6 Å². The van der Waals surface area contributed by atoms with Crippen LogP contribution in [0.2, 0.25) is 10.0 Å². The van der Waals surface area contributed by atoms with Gasteiger partial charge in [0.15, 0.2) is 0 Å². The van der Waals surface area contributed by atoms with Gasteiger partial charge in [-0.05, 0) is 78.4 Å². The molecule has 18 heteroatoms. The lowest BCUT2D eigenvalue weighted by molar-refractivity contribution is -0.144. The van der Waals surface area contributed by atoms with E-state index in [0.717, 1.165) is 44.5 Å². The van der Waals surface area contributed by atoms with E-state index in [-0.39, 0.29) is 45.6 Å². The summed E-state index contributed by atoms with van der Waals surface area (Å²) < 4.78 is 33.9. The molecule has 2 atom stereocenters. The van der Waals surface area contributed by atoms with Crippen LogP contribution < -0.4 is 29.6 Å². The first kappa shape index (κ1) is 54.7. The summed E-state index contributed by atoms with van der Waals surface area (Å²) in [4.78, 5) is 29.4. The van der Waals surface area contributed by atoms with Gasteiger partial charge in [-0.2, -0.15) is 10.5 Å². The Morgan fingerprint density at radius 2 is 1.11 bits per heavy atom. The van der Waals surface area contributed by atoms with E-state index in [0.29, 0.717) is 68.3 Å². The summed E-state index contributed by atoms with van der Waals surface area (Å²) in [6.07, 6.45) is 6.20. The molecule has 4 N–H and O–H groups in total. The first-order valence-corrected chi connectivity index (χ1v) is 22.9. The van der Waals surface area contributed by atoms with Crippen molar-refractivity contribution in [3.05, 3.63) is 163 Å². The normalized spacial score (nSPS) is 11.4. The average molecular weight is 1010 g/mol. The van der Waals surface area contributed by atoms with Crippen molar-refractivity contribution in [2.75, 3.05) is 27.4 Å². The average Bonchev–Trinajstić information content (AvgIpc) is 3.39. The van der Waals surface area contributed by atoms with E-state index in [9.17, 15) is 25.5 Å². The maximum absolute atomic E-state index is 12.2. The van der Waals surface area contributed by atoms with Crippen LogP contribution >= 0.6 is 23.2 Å². The van der Waals surface area contributed by atoms with Crippen molar-refractivity contribution >= 4 is 35.6 Å². The van der Waals surface area contributed by atoms with E-state index < -0.39 is 18.6 Å². The minimum absolute atomic E-state index is 0.0373. The molecule has 0 amide bonds. The van der Waals surface area contributed by atoms with Gasteiger partial charge >= 0.3 is 5.97 Å². The first-order valence-electron chi connectivity index (χ1n) is 22.1. The number of carbonyl (C=O) groups excluding carboxylic acids is 2. The van der Waals surface area contributed by atoms with Gasteiger partial charge in [-0.3, -0.25) is 24.9 Å². The second-order valence-electron chi connectivity index (χ2n) is 15.9. The number of esters is 1. The van der Waals surface area contributed by atoms with E-state index in [4.69, 9.17) is 51.7 Å². The first-order chi connectivity index (χ1) is 34.4. The largest absolute Gasteiger partial charge is 0.488 e. The SMILES string of the molecule is COC(=O)C(CO)NCc1cc(Cl)c(OCc2cccc(-c3cccc(COc4cc(OCc5cncc(C#N)c5)c(CNC(C)CO)cc4Cl)c3C)c2C)cc1OCc1cncc(C#N)c1.COC=O. The zero-order valence-corrected chi connectivity index (χ0v) is 41.3. The van der Waals surface area contributed by atoms with Crippen molar-refractivity contribution < 1.29 is 48.2 Å². The minimum Gasteiger partial charge on any atom is -0.488 e. The molecule has 370 valence electrons. The van der Waals surface area contributed by atoms with Crippen LogP contribution in [0.15, 0.2) is 97.6 Å². The Bertz CT molecular complexity index is 2850. The highest BCUT2D eigenvalue weighted by Gasteiger charge is 2.21. The number of aliphatic hydroxyl groups excluding tert-OH is 2. The zero-order chi connectivity index (χ0) is 51.3. The van der Waals surface area contributed by atoms with E-state index in [2.05, 4.69) is 49.6 Å². The third-order valence-corrected chi connectivity index (χ3v) is 11.6. The molecule has 2 unspecified atom stereocenters. The lowest BCUT2D eigenvalue weighted by Crippen LogP contribution is -2.40. The number of nitriles is 2. The molecule has 0 spiro atoms. The Morgan fingerprint density at radius 3 is 1.52 bits per heavy atom. The summed E-state index contributed by atoms with van der Waals surface area (Å²) in [5, 5.41) is 45.0. The Balaban J connectivity index is 0.00000226. The Labute approximate surface area is 422 Å². The van der Waals surface area contributed by atoms with E-state index in [1.165, 1.54) is 26.6 Å². The second kappa shape index (κ2) is 27.8. The number of halogens is 2. The fourth-order valence-corrected chi connectivity index (χ4v) is 7.50. The Morgan fingerprint density at radius 1 is 0.662 bits per heavy atom. The molecule has 71 heavy (non-hydrogen) atoms. The summed E-state index contributed by atoms with van der Waals surface area (Å²) >= 11 is 13.6. The number of pyridine rings is 2. The number of aliphatic hydroxyl groups is 2. The van der Waals surface area contributed by atoms with Crippen LogP contribution in [0, 0.1) is 36.5 Å². The van der Waals surface area contributed by atoms with Crippen molar-refractivity contribution in [2.24, 2.45) is 0 Å². The molecule has 0 aliphatic rings. The van der Waals surface area contributed by atoms with E-state index in [1.54, 1.807) is 48.8 Å². The highest BCUT2D eigenvalue weighted by Crippen LogP contribution is 2.37. The summed E-state index contributed by atoms with van der Waals surface area (Å²) in [7, 11) is 2.56. The molecule has 0 bridgehead atoms. The summed E-state index contributed by atoms with van der Waals surface area (Å²) in [5.41, 5.74) is 9.47. The number of hydrogen-bond donors (Lipinski definition) is 4. The zero-order valence-electron chi connectivity index (χ0n) is 39.8. The van der Waals surface area contributed by atoms with Crippen molar-refractivity contribution in [1.82, 2.24) is 20.6 Å². The van der Waals surface area contributed by atoms with Gasteiger partial charge in [-0.25, -0.2) is 0 Å². The number of methoxy groups -OCH3 is 2. The van der Waals surface area contributed by atoms with Gasteiger partial charge in [0.25, 0.3) is 6.47 Å². The van der Waals surface area contributed by atoms with Gasteiger partial charge in [0.2, 0.25) is 0 Å². The molecule has 16 nitrogen and oxygen atoms in total. The molecular formula is C53H54Cl2N6O10. The number of aromatic nitrogens is 2. The number of hydrogen-bond acceptors (Lipinski definition) is 16. The highest BCUT2D eigenvalue weighted by atomic mass is 35.5. The molecule has 0 aliphatic heterocycles. The van der Waals surface area contributed by atoms with Gasteiger partial charge in [-0.15, -0.1) is 0 Å². The molecular weight excluding hydrogens is 952 g/mol. The Hall–Kier alpha value is -7.28. The van der Waals surface area contributed by atoms with Crippen molar-refractivity contribution in [3.63, 3.8) is 0 Å². The number of benzene rings is 4. The third kappa shape index (κ3) is 15.6. The topological polar surface area (TPSA) is 227 Å². The van der Waals surface area contributed by atoms with Gasteiger partial charge in [-0.1, -0.05) is 59.6 Å². The lowest BCUT2D eigenvalue weighted by atomic mass is 9.92. The summed E-state index contributed by atoms with van der Waals surface area (Å²) in [5.74, 6) is 1.10. The molecule has 4 aromatic carbocycles. The predicted molar refractivity (Wildman–Crippen MR) is 266 cm³/mol. The molecule has 2 heterocycles. The van der Waals surface area contributed by atoms with Crippen molar-refractivity contribution in [3.8, 4) is 46.3 Å². The van der Waals surface area contributed by atoms with Crippen molar-refractivity contribution in [2.45, 2.75) is 72.4 Å². The molecule has 0 aliphatic carbocycles. The second-order valence-corrected chi connectivity index (χ2v) is 16.8. The molecule has 0 saturated carbocycles. The fourth-order valence-electron chi connectivity index (χ4n) is 7.02. The van der Waals surface area contributed by atoms with Crippen LogP contribution in [0.5, 0.6) is 23.0 Å². The third-order valence-electron chi connectivity index (χ3n) is 11.0. The quantitative estimate of drug-likeness (QED) is 0.0352. The molecule has 6 aromatic rings. The van der Waals surface area contributed by atoms with Crippen LogP contribution in [0.1, 0.15) is 62.6 Å². The minimum atomic E-state index is -0.971. The smallest absolute Gasteiger partial charge is 0.325 e. The maximum Gasteiger partial charge on any atom is 0.325 e. The lowest BCUT2D eigenvalue weighted by Gasteiger charge is -2.19. The monoisotopic (exact) mass is 1000 g/mol. The molecule has 6 rings (SSSR count). The van der Waals surface area contributed by atoms with Crippen LogP contribution in [0.25, 0.3) is 11.1 Å². The molecule has 0 saturated heterocycles. The van der Waals surface area contributed by atoms with Gasteiger partial charge in [0, 0.05) is 78.3 Å². The van der Waals surface area contributed by atoms with E-state index >= 15 is 0 Å². The van der Waals surface area contributed by atoms with Gasteiger partial charge < -0.3 is 44.0 Å². The number of nitrogens with zero attached hydrogens (tertiary/aromatic N) is 4. The van der Waals surface area contributed by atoms with Crippen LogP contribution in [-0.4, -0.2) is 72.1 Å². The number of nitrogens with one attached hydrogen (secondary N) is 2. The number of rotatable bonds is 23. The molecule has 0 radical (unpaired) electrons. The van der Waals surface area contributed by atoms with Gasteiger partial charge in [0.1, 0.15) is 67.6 Å². The summed E-state index contributed by atoms with van der Waals surface area (Å²) in [6, 6.07) is 25.4. The number of ether oxygens (including phenoxy) is 6. The Kier molecular flexibility index (Phi) is 21.4. The van der Waals surface area contributed by atoms with Crippen LogP contribution in [0.3, 0.4) is 0 Å². The summed E-state index contributed by atoms with van der Waals surface area (Å²) in [6.45, 7) is 6.94. The fraction of sp³-hybridized carbons (Fsp3) is 0.283. The molecule has 0 fully saturated rings. The predicted octanol–water partition coefficient (Wildman–Crippen LogP) is 8.01. The molecule has 2 aromatic heterocycles. The number of carbonyl (C=O) groups is 2. The van der Waals surface area contributed by atoms with Crippen LogP contribution in [0.4, 0.5) is 0 Å². The maximum atomic E-state index is 12.2. The van der Waals surface area contributed by atoms with Crippen molar-refractivity contribution in [1.29, 1.82) is 10.5 Å². The van der Waals surface area contributed by atoms with E-state index in [1.807, 2.05) is 45.0 Å². The standard InChI is InChI=1S/C51H50Cl2N6O8.C2H4O2/c1-31(25-60)58-23-40-13-44(52)49(15-47(40)64-27-36-11-34(17-54)19-56-21-36)66-29-38-7-5-9-42(32(38)2)43-10-6-8-39(33(43)3)30-67-50-16-48(65-28-37-12-35(18-55)20-57-22-37)41(14-45(50)53)24-59-46(26-61)51(62)63-4;1-4-2-3/h5-16,19-22,31,46,58-61H,23-30H2,1-4H3;2H,1H3. The highest BCUT2D eigenvalue weighted by molar-refractivity contribution is 6.32.